The normalized spacial score (nSPS) is 11.8. The zero-order chi connectivity index (χ0) is 14.3. The van der Waals surface area contributed by atoms with Gasteiger partial charge in [-0.2, -0.15) is 0 Å². The van der Waals surface area contributed by atoms with Gasteiger partial charge in [-0.25, -0.2) is 0 Å². The number of nitrogens with one attached hydrogen (secondary N) is 2. The van der Waals surface area contributed by atoms with E-state index in [0.717, 1.165) is 0 Å². The van der Waals surface area contributed by atoms with E-state index in [1.54, 1.807) is 0 Å². The fraction of sp³-hybridized carbons (Fsp3) is 1.00. The van der Waals surface area contributed by atoms with Gasteiger partial charge in [-0.3, -0.25) is 0 Å². The number of quaternary nitrogens is 2. The zero-order valence-corrected chi connectivity index (χ0v) is 13.1. The molecule has 114 valence electrons. The van der Waals surface area contributed by atoms with Crippen LogP contribution >= 0.6 is 0 Å². The zero-order valence-electron chi connectivity index (χ0n) is 10.6. The van der Waals surface area contributed by atoms with Gasteiger partial charge in [-0.05, 0) is 0 Å². The molecule has 0 aliphatic carbocycles. The molecule has 0 amide bonds. The monoisotopic (exact) mass is 352 g/mol. The van der Waals surface area contributed by atoms with Crippen LogP contribution in [-0.4, -0.2) is 46.8 Å². The maximum atomic E-state index is 9.38. The van der Waals surface area contributed by atoms with Gasteiger partial charge in [0.2, 0.25) is 0 Å². The summed E-state index contributed by atoms with van der Waals surface area (Å²) < 4.78 is 58.9. The van der Waals surface area contributed by atoms with E-state index in [-0.39, 0.29) is 5.48 Å². The summed E-state index contributed by atoms with van der Waals surface area (Å²) in [6.45, 7) is 2.53. The fourth-order valence-electron chi connectivity index (χ4n) is 0.602. The van der Waals surface area contributed by atoms with Crippen LogP contribution in [0.1, 0.15) is 0 Å². The Balaban J connectivity index is -0.000000238. The van der Waals surface area contributed by atoms with Crippen molar-refractivity contribution < 1.29 is 68.9 Å². The van der Waals surface area contributed by atoms with Crippen molar-refractivity contribution in [1.29, 1.82) is 0 Å². The Morgan fingerprint density at radius 3 is 1.11 bits per heavy atom. The standard InChI is InChI=1S/C6H16N2.2Cr.H2O.7O/c1-7(2)5-6-8(3)4;;;;;;;;;;/h5-6H2,1-4H3;;;1H2;;;;;;;/q;;;;;;;;;2*-1/p+2. The first-order valence-corrected chi connectivity index (χ1v) is 8.70. The van der Waals surface area contributed by atoms with Crippen molar-refractivity contribution in [2.24, 2.45) is 0 Å². The van der Waals surface area contributed by atoms with E-state index in [0.29, 0.717) is 0 Å². The Hall–Kier alpha value is 0.0249. The van der Waals surface area contributed by atoms with E-state index >= 15 is 0 Å². The van der Waals surface area contributed by atoms with Crippen molar-refractivity contribution in [2.75, 3.05) is 41.3 Å². The van der Waals surface area contributed by atoms with Gasteiger partial charge in [-0.15, -0.1) is 0 Å². The molecular formula is C6H20Cr2N2O8. The summed E-state index contributed by atoms with van der Waals surface area (Å²) in [5.41, 5.74) is 0. The second kappa shape index (κ2) is 9.89. The molecule has 0 aliphatic rings. The van der Waals surface area contributed by atoms with Gasteiger partial charge in [0.05, 0.1) is 28.2 Å². The molecule has 0 spiro atoms. The summed E-state index contributed by atoms with van der Waals surface area (Å²) in [5, 5.41) is 0. The Morgan fingerprint density at radius 1 is 0.833 bits per heavy atom. The van der Waals surface area contributed by atoms with Gasteiger partial charge in [0, 0.05) is 0 Å². The Bertz CT molecular complexity index is 350. The molecule has 0 aromatic carbocycles. The minimum absolute atomic E-state index is 0. The van der Waals surface area contributed by atoms with E-state index in [1.807, 2.05) is 0 Å². The van der Waals surface area contributed by atoms with Gasteiger partial charge in [0.15, 0.2) is 0 Å². The molecule has 0 aromatic rings. The third-order valence-corrected chi connectivity index (χ3v) is 3.96. The van der Waals surface area contributed by atoms with Crippen molar-refractivity contribution in [2.45, 2.75) is 0 Å². The van der Waals surface area contributed by atoms with Crippen molar-refractivity contribution >= 4 is 0 Å². The summed E-state index contributed by atoms with van der Waals surface area (Å²) >= 11 is -12.1. The third kappa shape index (κ3) is 29.8. The molecule has 12 heteroatoms. The summed E-state index contributed by atoms with van der Waals surface area (Å²) in [4.78, 5) is 3.07. The molecule has 0 fully saturated rings. The van der Waals surface area contributed by atoms with Gasteiger partial charge in [0.25, 0.3) is 0 Å². The topological polar surface area (TPSA) is 164 Å². The summed E-state index contributed by atoms with van der Waals surface area (Å²) in [7, 11) is 8.73. The molecule has 0 unspecified atom stereocenters. The average molecular weight is 352 g/mol. The molecule has 0 saturated carbocycles. The summed E-state index contributed by atoms with van der Waals surface area (Å²) in [6.07, 6.45) is 0. The first kappa shape index (κ1) is 23.1. The van der Waals surface area contributed by atoms with E-state index in [4.69, 9.17) is 0 Å². The quantitative estimate of drug-likeness (QED) is 0.496. The Morgan fingerprint density at radius 2 is 1.06 bits per heavy atom. The number of hydrogen-bond acceptors (Lipinski definition) is 7. The van der Waals surface area contributed by atoms with Crippen LogP contribution in [0.4, 0.5) is 0 Å². The van der Waals surface area contributed by atoms with Crippen LogP contribution < -0.4 is 18.1 Å². The van der Waals surface area contributed by atoms with Crippen molar-refractivity contribution in [3.63, 3.8) is 0 Å². The van der Waals surface area contributed by atoms with E-state index < -0.39 is 27.2 Å². The van der Waals surface area contributed by atoms with Crippen molar-refractivity contribution in [3.05, 3.63) is 0 Å². The average Bonchev–Trinajstić information content (AvgIpc) is 1.94. The number of hydrogen-bond donors (Lipinski definition) is 2. The molecule has 0 heterocycles. The predicted octanol–water partition coefficient (Wildman–Crippen LogP) is -6.48. The van der Waals surface area contributed by atoms with Crippen LogP contribution in [0.2, 0.25) is 0 Å². The molecule has 0 aromatic heterocycles. The number of likely N-dealkylation sites (N-methyl/N-ethyl adjacent to an activating group) is 2. The van der Waals surface area contributed by atoms with E-state index in [9.17, 15) is 23.5 Å². The molecule has 0 rings (SSSR count). The van der Waals surface area contributed by atoms with Crippen LogP contribution in [0.3, 0.4) is 0 Å². The first-order valence-electron chi connectivity index (χ1n) is 4.54. The van der Waals surface area contributed by atoms with Gasteiger partial charge in [0.1, 0.15) is 13.1 Å². The summed E-state index contributed by atoms with van der Waals surface area (Å²) in [5.74, 6) is 0. The second-order valence-corrected chi connectivity index (χ2v) is 7.44. The van der Waals surface area contributed by atoms with Crippen molar-refractivity contribution in [3.8, 4) is 0 Å². The van der Waals surface area contributed by atoms with Crippen LogP contribution in [-0.2, 0) is 45.3 Å². The minimum atomic E-state index is -6.07. The molecule has 0 atom stereocenters. The Kier molecular flexibility index (Phi) is 12.7. The van der Waals surface area contributed by atoms with Crippen LogP contribution in [0, 0.1) is 0 Å². The van der Waals surface area contributed by atoms with Crippen LogP contribution in [0.25, 0.3) is 0 Å². The van der Waals surface area contributed by atoms with Crippen molar-refractivity contribution in [1.82, 2.24) is 0 Å². The molecule has 10 nitrogen and oxygen atoms in total. The first-order chi connectivity index (χ1) is 7.33. The molecule has 0 aliphatic heterocycles. The molecule has 4 N–H and O–H groups in total. The SMILES string of the molecule is C[NH+](C)CC[NH+](C)C.O.[O]=[Cr](=[O])([O-])[O][Cr](=[O])(=[O])[O-]. The molecule has 0 saturated heterocycles. The van der Waals surface area contributed by atoms with Crippen LogP contribution in [0.5, 0.6) is 0 Å². The van der Waals surface area contributed by atoms with E-state index in [1.165, 1.54) is 22.9 Å². The Labute approximate surface area is 110 Å². The molecule has 0 bridgehead atoms. The number of rotatable bonds is 5. The second-order valence-electron chi connectivity index (χ2n) is 3.80. The van der Waals surface area contributed by atoms with Gasteiger partial charge in [-0.1, -0.05) is 0 Å². The third-order valence-electron chi connectivity index (χ3n) is 1.29. The summed E-state index contributed by atoms with van der Waals surface area (Å²) in [6, 6.07) is 0. The molecular weight excluding hydrogens is 332 g/mol. The van der Waals surface area contributed by atoms with Crippen LogP contribution in [0.15, 0.2) is 0 Å². The molecule has 0 radical (unpaired) electrons. The molecule has 18 heavy (non-hydrogen) atoms. The maximum absolute atomic E-state index is 9.38. The predicted molar refractivity (Wildman–Crippen MR) is 42.8 cm³/mol. The fourth-order valence-corrected chi connectivity index (χ4v) is 2.24. The van der Waals surface area contributed by atoms with Gasteiger partial charge >= 0.3 is 53.6 Å². The van der Waals surface area contributed by atoms with Gasteiger partial charge < -0.3 is 15.3 Å². The van der Waals surface area contributed by atoms with E-state index in [2.05, 4.69) is 31.0 Å².